The maximum atomic E-state index is 14.0. The molecule has 0 aliphatic heterocycles. The minimum Gasteiger partial charge on any atom is -0.352 e. The van der Waals surface area contributed by atoms with Crippen LogP contribution in [0.2, 0.25) is 20.1 Å². The van der Waals surface area contributed by atoms with Crippen molar-refractivity contribution >= 4 is 58.2 Å². The van der Waals surface area contributed by atoms with Gasteiger partial charge in [-0.25, -0.2) is 0 Å². The lowest BCUT2D eigenvalue weighted by atomic mass is 9.94. The van der Waals surface area contributed by atoms with Crippen LogP contribution in [0, 0.1) is 0 Å². The van der Waals surface area contributed by atoms with Crippen molar-refractivity contribution in [2.45, 2.75) is 63.6 Å². The van der Waals surface area contributed by atoms with E-state index in [1.54, 1.807) is 41.3 Å². The molecule has 1 atom stereocenters. The van der Waals surface area contributed by atoms with E-state index in [1.165, 1.54) is 6.42 Å². The molecule has 8 heteroatoms. The van der Waals surface area contributed by atoms with Crippen LogP contribution in [0.25, 0.3) is 0 Å². The molecule has 1 fully saturated rings. The smallest absolute Gasteiger partial charge is 0.243 e. The number of rotatable bonds is 9. The summed E-state index contributed by atoms with van der Waals surface area (Å²) >= 11 is 25.9. The Morgan fingerprint density at radius 3 is 1.89 bits per heavy atom. The van der Waals surface area contributed by atoms with Gasteiger partial charge < -0.3 is 10.2 Å². The van der Waals surface area contributed by atoms with Crippen LogP contribution in [0.3, 0.4) is 0 Å². The van der Waals surface area contributed by atoms with Gasteiger partial charge in [-0.3, -0.25) is 9.59 Å². The average molecular weight is 592 g/mol. The molecule has 1 aliphatic rings. The SMILES string of the molecule is O=C(NC1CCCCC1)C(Cc1ccccc1)N(Cc1c(Cl)cccc1Cl)C(=O)Cc1c(Cl)cccc1Cl. The van der Waals surface area contributed by atoms with Crippen LogP contribution >= 0.6 is 46.4 Å². The third-order valence-corrected chi connectivity index (χ3v) is 8.42. The van der Waals surface area contributed by atoms with E-state index in [-0.39, 0.29) is 30.8 Å². The summed E-state index contributed by atoms with van der Waals surface area (Å²) in [5.41, 5.74) is 2.04. The zero-order valence-electron chi connectivity index (χ0n) is 20.9. The first-order chi connectivity index (χ1) is 18.3. The van der Waals surface area contributed by atoms with E-state index >= 15 is 0 Å². The molecular formula is C30H30Cl4N2O2. The second kappa shape index (κ2) is 13.7. The van der Waals surface area contributed by atoms with E-state index in [9.17, 15) is 9.59 Å². The number of hydrogen-bond acceptors (Lipinski definition) is 2. The fourth-order valence-electron chi connectivity index (χ4n) is 4.91. The normalized spacial score (nSPS) is 14.6. The van der Waals surface area contributed by atoms with E-state index in [0.29, 0.717) is 37.6 Å². The Balaban J connectivity index is 1.72. The summed E-state index contributed by atoms with van der Waals surface area (Å²) in [7, 11) is 0. The lowest BCUT2D eigenvalue weighted by molar-refractivity contribution is -0.141. The van der Waals surface area contributed by atoms with E-state index in [0.717, 1.165) is 31.2 Å². The number of amides is 2. The molecule has 0 heterocycles. The first kappa shape index (κ1) is 28.8. The molecule has 0 radical (unpaired) electrons. The molecule has 1 N–H and O–H groups in total. The molecule has 3 aromatic carbocycles. The van der Waals surface area contributed by atoms with Gasteiger partial charge in [0, 0.05) is 44.7 Å². The first-order valence-corrected chi connectivity index (χ1v) is 14.3. The largest absolute Gasteiger partial charge is 0.352 e. The summed E-state index contributed by atoms with van der Waals surface area (Å²) in [6.45, 7) is 0.0645. The molecule has 4 rings (SSSR count). The Hall–Kier alpha value is -2.24. The number of halogens is 4. The summed E-state index contributed by atoms with van der Waals surface area (Å²) in [4.78, 5) is 29.5. The predicted octanol–water partition coefficient (Wildman–Crippen LogP) is 7.93. The van der Waals surface area contributed by atoms with Gasteiger partial charge in [-0.1, -0.05) is 108 Å². The Labute approximate surface area is 244 Å². The summed E-state index contributed by atoms with van der Waals surface area (Å²) in [5, 5.41) is 4.87. The standard InChI is InChI=1S/C30H30Cl4N2O2/c31-24-13-7-14-25(32)22(24)18-29(37)36(19-23-26(33)15-8-16-27(23)34)28(17-20-9-3-1-4-10-20)30(38)35-21-11-5-2-6-12-21/h1,3-4,7-10,13-16,21,28H,2,5-6,11-12,17-19H2,(H,35,38). The molecule has 0 saturated heterocycles. The van der Waals surface area contributed by atoms with Crippen LogP contribution in [0.1, 0.15) is 48.8 Å². The zero-order valence-corrected chi connectivity index (χ0v) is 24.0. The topological polar surface area (TPSA) is 49.4 Å². The molecule has 38 heavy (non-hydrogen) atoms. The summed E-state index contributed by atoms with van der Waals surface area (Å²) in [6.07, 6.45) is 5.47. The molecule has 1 unspecified atom stereocenters. The van der Waals surface area contributed by atoms with Gasteiger partial charge in [-0.05, 0) is 48.2 Å². The van der Waals surface area contributed by atoms with Crippen molar-refractivity contribution in [1.82, 2.24) is 10.2 Å². The summed E-state index contributed by atoms with van der Waals surface area (Å²) < 4.78 is 0. The Kier molecular flexibility index (Phi) is 10.4. The Morgan fingerprint density at radius 1 is 0.763 bits per heavy atom. The maximum absolute atomic E-state index is 14.0. The highest BCUT2D eigenvalue weighted by Gasteiger charge is 2.33. The highest BCUT2D eigenvalue weighted by Crippen LogP contribution is 2.30. The van der Waals surface area contributed by atoms with Crippen molar-refractivity contribution in [2.24, 2.45) is 0 Å². The van der Waals surface area contributed by atoms with Crippen molar-refractivity contribution in [3.63, 3.8) is 0 Å². The summed E-state index contributed by atoms with van der Waals surface area (Å²) in [6, 6.07) is 19.3. The van der Waals surface area contributed by atoms with Gasteiger partial charge in [0.25, 0.3) is 0 Å². The molecule has 0 bridgehead atoms. The molecule has 0 aromatic heterocycles. The molecule has 2 amide bonds. The number of carbonyl (C=O) groups is 2. The third-order valence-electron chi connectivity index (χ3n) is 7.00. The van der Waals surface area contributed by atoms with Gasteiger partial charge in [0.05, 0.1) is 6.42 Å². The molecule has 4 nitrogen and oxygen atoms in total. The van der Waals surface area contributed by atoms with Crippen LogP contribution in [-0.4, -0.2) is 28.8 Å². The van der Waals surface area contributed by atoms with Crippen LogP contribution in [0.5, 0.6) is 0 Å². The van der Waals surface area contributed by atoms with Crippen molar-refractivity contribution in [2.75, 3.05) is 0 Å². The average Bonchev–Trinajstić information content (AvgIpc) is 2.91. The highest BCUT2D eigenvalue weighted by atomic mass is 35.5. The second-order valence-corrected chi connectivity index (χ2v) is 11.3. The van der Waals surface area contributed by atoms with Crippen molar-refractivity contribution < 1.29 is 9.59 Å². The monoisotopic (exact) mass is 590 g/mol. The zero-order chi connectivity index (χ0) is 27.1. The first-order valence-electron chi connectivity index (χ1n) is 12.8. The van der Waals surface area contributed by atoms with Crippen molar-refractivity contribution in [3.05, 3.63) is 104 Å². The van der Waals surface area contributed by atoms with Gasteiger partial charge in [0.1, 0.15) is 6.04 Å². The van der Waals surface area contributed by atoms with Gasteiger partial charge in [0.2, 0.25) is 11.8 Å². The minimum absolute atomic E-state index is 0.0645. The maximum Gasteiger partial charge on any atom is 0.243 e. The van der Waals surface area contributed by atoms with Gasteiger partial charge in [0.15, 0.2) is 0 Å². The van der Waals surface area contributed by atoms with Crippen LogP contribution in [-0.2, 0) is 29.0 Å². The minimum atomic E-state index is -0.791. The van der Waals surface area contributed by atoms with E-state index in [2.05, 4.69) is 5.32 Å². The second-order valence-electron chi connectivity index (χ2n) is 9.65. The lowest BCUT2D eigenvalue weighted by Crippen LogP contribution is -2.53. The molecule has 3 aromatic rings. The lowest BCUT2D eigenvalue weighted by Gasteiger charge is -2.34. The fourth-order valence-corrected chi connectivity index (χ4v) is 5.95. The van der Waals surface area contributed by atoms with Crippen LogP contribution in [0.4, 0.5) is 0 Å². The predicted molar refractivity (Wildman–Crippen MR) is 156 cm³/mol. The van der Waals surface area contributed by atoms with E-state index < -0.39 is 6.04 Å². The Bertz CT molecular complexity index is 1220. The summed E-state index contributed by atoms with van der Waals surface area (Å²) in [5.74, 6) is -0.488. The van der Waals surface area contributed by atoms with E-state index in [1.807, 2.05) is 30.3 Å². The number of nitrogens with zero attached hydrogens (tertiary/aromatic N) is 1. The fraction of sp³-hybridized carbons (Fsp3) is 0.333. The van der Waals surface area contributed by atoms with Crippen molar-refractivity contribution in [3.8, 4) is 0 Å². The number of carbonyl (C=O) groups excluding carboxylic acids is 2. The highest BCUT2D eigenvalue weighted by molar-refractivity contribution is 6.36. The molecule has 200 valence electrons. The number of benzene rings is 3. The van der Waals surface area contributed by atoms with Crippen molar-refractivity contribution in [1.29, 1.82) is 0 Å². The Morgan fingerprint density at radius 2 is 1.32 bits per heavy atom. The molecular weight excluding hydrogens is 562 g/mol. The van der Waals surface area contributed by atoms with Gasteiger partial charge >= 0.3 is 0 Å². The number of nitrogens with one attached hydrogen (secondary N) is 1. The van der Waals surface area contributed by atoms with Gasteiger partial charge in [-0.15, -0.1) is 0 Å². The van der Waals surface area contributed by atoms with Crippen LogP contribution < -0.4 is 5.32 Å². The quantitative estimate of drug-likeness (QED) is 0.275. The van der Waals surface area contributed by atoms with Crippen LogP contribution in [0.15, 0.2) is 66.7 Å². The van der Waals surface area contributed by atoms with Gasteiger partial charge in [-0.2, -0.15) is 0 Å². The van der Waals surface area contributed by atoms with E-state index in [4.69, 9.17) is 46.4 Å². The molecule has 1 aliphatic carbocycles. The molecule has 1 saturated carbocycles. The molecule has 0 spiro atoms. The number of hydrogen-bond donors (Lipinski definition) is 1. The third kappa shape index (κ3) is 7.45.